The second-order valence-corrected chi connectivity index (χ2v) is 7.91. The van der Waals surface area contributed by atoms with Crippen LogP contribution in [0.15, 0.2) is 59.5 Å². The summed E-state index contributed by atoms with van der Waals surface area (Å²) in [5, 5.41) is 38.9. The molecule has 0 radical (unpaired) electrons. The number of aromatic carboxylic acids is 1. The number of ether oxygens (including phenoxy) is 1. The predicted molar refractivity (Wildman–Crippen MR) is 109 cm³/mol. The summed E-state index contributed by atoms with van der Waals surface area (Å²) in [4.78, 5) is 23.2. The maximum absolute atomic E-state index is 12.9. The van der Waals surface area contributed by atoms with Crippen molar-refractivity contribution in [2.24, 2.45) is 0 Å². The first-order valence-electron chi connectivity index (χ1n) is 8.79. The topological polar surface area (TPSA) is 168 Å². The molecule has 0 spiro atoms. The lowest BCUT2D eigenvalue weighted by atomic mass is 10.0. The van der Waals surface area contributed by atoms with Gasteiger partial charge in [-0.1, -0.05) is 30.3 Å². The van der Waals surface area contributed by atoms with Gasteiger partial charge in [-0.25, -0.2) is 4.79 Å². The molecule has 0 bridgehead atoms. The number of ketones is 1. The van der Waals surface area contributed by atoms with Gasteiger partial charge in [0, 0.05) is 17.7 Å². The number of carboxylic acids is 1. The van der Waals surface area contributed by atoms with Gasteiger partial charge in [-0.05, 0) is 12.1 Å². The molecule has 0 aliphatic carbocycles. The van der Waals surface area contributed by atoms with Crippen LogP contribution in [0.3, 0.4) is 0 Å². The summed E-state index contributed by atoms with van der Waals surface area (Å²) in [5.74, 6) is -5.94. The maximum Gasteiger partial charge on any atom is 0.343 e. The van der Waals surface area contributed by atoms with Crippen LogP contribution in [0.5, 0.6) is 28.7 Å². The Morgan fingerprint density at radius 3 is 2.09 bits per heavy atom. The number of phenols is 3. The molecule has 32 heavy (non-hydrogen) atoms. The fourth-order valence-corrected chi connectivity index (χ4v) is 3.88. The molecule has 0 aliphatic heterocycles. The minimum absolute atomic E-state index is 0.175. The Labute approximate surface area is 181 Å². The van der Waals surface area contributed by atoms with Crippen LogP contribution in [0.25, 0.3) is 0 Å². The molecule has 0 unspecified atom stereocenters. The number of hydrogen-bond donors (Lipinski definition) is 4. The number of carbonyl (C=O) groups is 2. The van der Waals surface area contributed by atoms with Crippen molar-refractivity contribution < 1.29 is 47.4 Å². The number of carboxylic acid groups (broad SMARTS) is 1. The largest absolute Gasteiger partial charge is 0.507 e. The molecule has 0 aromatic heterocycles. The van der Waals surface area contributed by atoms with Gasteiger partial charge in [0.25, 0.3) is 0 Å². The van der Waals surface area contributed by atoms with Crippen LogP contribution in [0.1, 0.15) is 26.3 Å². The van der Waals surface area contributed by atoms with E-state index in [0.29, 0.717) is 12.1 Å². The van der Waals surface area contributed by atoms with Crippen LogP contribution in [-0.2, 0) is 10.1 Å². The second-order valence-electron chi connectivity index (χ2n) is 6.40. The molecule has 166 valence electrons. The highest BCUT2D eigenvalue weighted by atomic mass is 32.2. The first-order chi connectivity index (χ1) is 15.0. The number of aromatic hydroxyl groups is 3. The number of carbonyl (C=O) groups excluding carboxylic acids is 1. The first kappa shape index (κ1) is 22.4. The zero-order chi connectivity index (χ0) is 23.6. The standard InChI is InChI=1S/C21H16O10S/c1-30-16-10-14(22)13(19(24)11-5-3-2-4-6-11)9-18(16)32(28,29)31-17-8-12(21(26)27)7-15(23)20(17)25/h2-10,22-23,25H,1H3,(H,26,27). The SMILES string of the molecule is COc1cc(O)c(C(=O)c2ccccc2)cc1S(=O)(=O)Oc1cc(C(=O)O)cc(O)c1O. The summed E-state index contributed by atoms with van der Waals surface area (Å²) in [5.41, 5.74) is -0.748. The summed E-state index contributed by atoms with van der Waals surface area (Å²) >= 11 is 0. The number of methoxy groups -OCH3 is 1. The number of rotatable bonds is 7. The Balaban J connectivity index is 2.12. The van der Waals surface area contributed by atoms with Gasteiger partial charge in [0.2, 0.25) is 5.75 Å². The third-order valence-corrected chi connectivity index (χ3v) is 5.59. The quantitative estimate of drug-likeness (QED) is 0.234. The molecular formula is C21H16O10S. The van der Waals surface area contributed by atoms with Gasteiger partial charge < -0.3 is 29.3 Å². The molecule has 0 aliphatic rings. The van der Waals surface area contributed by atoms with Crippen LogP contribution in [-0.4, -0.2) is 47.7 Å². The Morgan fingerprint density at radius 2 is 1.50 bits per heavy atom. The third-order valence-electron chi connectivity index (χ3n) is 4.33. The van der Waals surface area contributed by atoms with E-state index in [1.165, 1.54) is 12.1 Å². The number of phenolic OH excluding ortho intramolecular Hbond substituents is 3. The summed E-state index contributed by atoms with van der Waals surface area (Å²) in [6.45, 7) is 0. The molecule has 4 N–H and O–H groups in total. The van der Waals surface area contributed by atoms with Crippen LogP contribution < -0.4 is 8.92 Å². The van der Waals surface area contributed by atoms with Crippen molar-refractivity contribution in [1.29, 1.82) is 0 Å². The third kappa shape index (κ3) is 4.27. The Bertz CT molecular complexity index is 1310. The van der Waals surface area contributed by atoms with Gasteiger partial charge in [-0.2, -0.15) is 8.42 Å². The van der Waals surface area contributed by atoms with E-state index in [4.69, 9.17) is 14.0 Å². The van der Waals surface area contributed by atoms with E-state index < -0.39 is 55.3 Å². The van der Waals surface area contributed by atoms with Gasteiger partial charge in [-0.3, -0.25) is 4.79 Å². The van der Waals surface area contributed by atoms with E-state index in [1.54, 1.807) is 18.2 Å². The average Bonchev–Trinajstić information content (AvgIpc) is 2.76. The smallest absolute Gasteiger partial charge is 0.343 e. The zero-order valence-electron chi connectivity index (χ0n) is 16.3. The van der Waals surface area contributed by atoms with Crippen molar-refractivity contribution in [3.63, 3.8) is 0 Å². The van der Waals surface area contributed by atoms with Crippen LogP contribution >= 0.6 is 0 Å². The van der Waals surface area contributed by atoms with Gasteiger partial charge >= 0.3 is 16.1 Å². The van der Waals surface area contributed by atoms with E-state index in [0.717, 1.165) is 19.2 Å². The molecule has 0 saturated carbocycles. The van der Waals surface area contributed by atoms with Gasteiger partial charge in [-0.15, -0.1) is 0 Å². The molecule has 3 rings (SSSR count). The highest BCUT2D eigenvalue weighted by Gasteiger charge is 2.28. The molecule has 0 heterocycles. The number of hydrogen-bond acceptors (Lipinski definition) is 9. The van der Waals surface area contributed by atoms with Crippen LogP contribution in [0.2, 0.25) is 0 Å². The fourth-order valence-electron chi connectivity index (χ4n) is 2.77. The maximum atomic E-state index is 12.9. The van der Waals surface area contributed by atoms with Gasteiger partial charge in [0.1, 0.15) is 16.4 Å². The molecule has 3 aromatic carbocycles. The molecular weight excluding hydrogens is 444 g/mol. The van der Waals surface area contributed by atoms with Crippen LogP contribution in [0.4, 0.5) is 0 Å². The monoisotopic (exact) mass is 460 g/mol. The zero-order valence-corrected chi connectivity index (χ0v) is 17.2. The second kappa shape index (κ2) is 8.47. The lowest BCUT2D eigenvalue weighted by molar-refractivity contribution is 0.0695. The van der Waals surface area contributed by atoms with Gasteiger partial charge in [0.15, 0.2) is 17.3 Å². The Morgan fingerprint density at radius 1 is 0.844 bits per heavy atom. The Kier molecular flexibility index (Phi) is 5.94. The highest BCUT2D eigenvalue weighted by Crippen LogP contribution is 2.40. The minimum atomic E-state index is -4.85. The summed E-state index contributed by atoms with van der Waals surface area (Å²) in [6, 6.07) is 10.9. The lowest BCUT2D eigenvalue weighted by Crippen LogP contribution is -2.13. The Hall–Kier alpha value is -4.25. The van der Waals surface area contributed by atoms with Crippen molar-refractivity contribution in [3.05, 3.63) is 71.3 Å². The molecule has 0 saturated heterocycles. The van der Waals surface area contributed by atoms with Crippen molar-refractivity contribution in [1.82, 2.24) is 0 Å². The molecule has 11 heteroatoms. The lowest BCUT2D eigenvalue weighted by Gasteiger charge is -2.14. The van der Waals surface area contributed by atoms with Crippen molar-refractivity contribution in [2.75, 3.05) is 7.11 Å². The highest BCUT2D eigenvalue weighted by molar-refractivity contribution is 7.87. The fraction of sp³-hybridized carbons (Fsp3) is 0.0476. The predicted octanol–water partition coefficient (Wildman–Crippen LogP) is 2.51. The molecule has 0 fully saturated rings. The van der Waals surface area contributed by atoms with Crippen molar-refractivity contribution in [2.45, 2.75) is 4.90 Å². The molecule has 0 atom stereocenters. The molecule has 10 nitrogen and oxygen atoms in total. The van der Waals surface area contributed by atoms with E-state index in [-0.39, 0.29) is 16.9 Å². The van der Waals surface area contributed by atoms with Crippen LogP contribution in [0, 0.1) is 0 Å². The normalized spacial score (nSPS) is 11.0. The number of benzene rings is 3. The van der Waals surface area contributed by atoms with E-state index in [2.05, 4.69) is 0 Å². The summed E-state index contributed by atoms with van der Waals surface area (Å²) in [7, 11) is -3.73. The van der Waals surface area contributed by atoms with E-state index >= 15 is 0 Å². The molecule has 0 amide bonds. The first-order valence-corrected chi connectivity index (χ1v) is 10.2. The van der Waals surface area contributed by atoms with Crippen molar-refractivity contribution in [3.8, 4) is 28.7 Å². The average molecular weight is 460 g/mol. The summed E-state index contributed by atoms with van der Waals surface area (Å²) in [6.07, 6.45) is 0. The van der Waals surface area contributed by atoms with Gasteiger partial charge in [0.05, 0.1) is 18.2 Å². The van der Waals surface area contributed by atoms with E-state index in [1.807, 2.05) is 0 Å². The van der Waals surface area contributed by atoms with E-state index in [9.17, 15) is 33.3 Å². The minimum Gasteiger partial charge on any atom is -0.507 e. The molecule has 3 aromatic rings. The van der Waals surface area contributed by atoms with Crippen molar-refractivity contribution >= 4 is 21.9 Å². The summed E-state index contributed by atoms with van der Waals surface area (Å²) < 4.78 is 35.6.